The largest absolute Gasteiger partial charge is 0.315 e. The second-order valence-corrected chi connectivity index (χ2v) is 6.96. The molecule has 0 saturated carbocycles. The minimum atomic E-state index is 0.254. The average Bonchev–Trinajstić information content (AvgIpc) is 2.65. The first-order valence-electron chi connectivity index (χ1n) is 6.80. The van der Waals surface area contributed by atoms with Crippen molar-refractivity contribution in [3.8, 4) is 0 Å². The van der Waals surface area contributed by atoms with Crippen LogP contribution in [0.25, 0.3) is 0 Å². The number of hydrogen-bond acceptors (Lipinski definition) is 3. The summed E-state index contributed by atoms with van der Waals surface area (Å²) < 4.78 is 0. The molecule has 3 rings (SSSR count). The van der Waals surface area contributed by atoms with Gasteiger partial charge in [0, 0.05) is 29.8 Å². The van der Waals surface area contributed by atoms with E-state index in [4.69, 9.17) is 4.98 Å². The van der Waals surface area contributed by atoms with Gasteiger partial charge in [-0.05, 0) is 26.3 Å². The van der Waals surface area contributed by atoms with Crippen LogP contribution in [0.5, 0.6) is 0 Å². The van der Waals surface area contributed by atoms with Gasteiger partial charge in [-0.2, -0.15) is 0 Å². The molecule has 2 heterocycles. The molecular formula is C16H20N2S. The summed E-state index contributed by atoms with van der Waals surface area (Å²) in [7, 11) is 0. The third-order valence-corrected chi connectivity index (χ3v) is 5.23. The predicted octanol–water partition coefficient (Wildman–Crippen LogP) is 3.15. The Morgan fingerprint density at radius 2 is 1.84 bits per heavy atom. The first kappa shape index (κ1) is 12.8. The average molecular weight is 272 g/mol. The molecule has 0 spiro atoms. The SMILES string of the molecule is Cc1ccc(C2(Cc3nc(C)c(C)s3)CNC2)cc1. The highest BCUT2D eigenvalue weighted by atomic mass is 32.1. The molecular weight excluding hydrogens is 252 g/mol. The monoisotopic (exact) mass is 272 g/mol. The molecule has 0 unspecified atom stereocenters. The third kappa shape index (κ3) is 2.33. The van der Waals surface area contributed by atoms with Gasteiger partial charge in [-0.15, -0.1) is 11.3 Å². The van der Waals surface area contributed by atoms with Crippen molar-refractivity contribution in [3.05, 3.63) is 51.0 Å². The molecule has 1 aromatic carbocycles. The Hall–Kier alpha value is -1.19. The highest BCUT2D eigenvalue weighted by Gasteiger charge is 2.39. The van der Waals surface area contributed by atoms with Gasteiger partial charge in [0.05, 0.1) is 10.7 Å². The second-order valence-electron chi connectivity index (χ2n) is 5.68. The van der Waals surface area contributed by atoms with Crippen LogP contribution in [-0.2, 0) is 11.8 Å². The van der Waals surface area contributed by atoms with Crippen LogP contribution in [0, 0.1) is 20.8 Å². The van der Waals surface area contributed by atoms with E-state index in [2.05, 4.69) is 50.4 Å². The van der Waals surface area contributed by atoms with E-state index in [0.717, 1.165) is 19.5 Å². The standard InChI is InChI=1S/C16H20N2S/c1-11-4-6-14(7-5-11)16(9-17-10-16)8-15-18-12(2)13(3)19-15/h4-7,17H,8-10H2,1-3H3. The van der Waals surface area contributed by atoms with Crippen LogP contribution in [0.4, 0.5) is 0 Å². The van der Waals surface area contributed by atoms with E-state index in [1.165, 1.54) is 26.7 Å². The second kappa shape index (κ2) is 4.73. The zero-order chi connectivity index (χ0) is 13.5. The molecule has 0 aliphatic carbocycles. The van der Waals surface area contributed by atoms with Gasteiger partial charge in [-0.25, -0.2) is 4.98 Å². The Balaban J connectivity index is 1.89. The van der Waals surface area contributed by atoms with E-state index in [1.807, 2.05) is 11.3 Å². The summed E-state index contributed by atoms with van der Waals surface area (Å²) in [5.41, 5.74) is 4.21. The Morgan fingerprint density at radius 3 is 2.32 bits per heavy atom. The summed E-state index contributed by atoms with van der Waals surface area (Å²) in [6.45, 7) is 8.53. The molecule has 1 N–H and O–H groups in total. The number of benzene rings is 1. The summed E-state index contributed by atoms with van der Waals surface area (Å²) in [5, 5.41) is 4.71. The fourth-order valence-electron chi connectivity index (χ4n) is 2.67. The van der Waals surface area contributed by atoms with Gasteiger partial charge in [0.2, 0.25) is 0 Å². The Labute approximate surface area is 118 Å². The molecule has 3 heteroatoms. The van der Waals surface area contributed by atoms with Gasteiger partial charge in [0.15, 0.2) is 0 Å². The molecule has 1 saturated heterocycles. The number of rotatable bonds is 3. The summed E-state index contributed by atoms with van der Waals surface area (Å²) in [5.74, 6) is 0. The minimum Gasteiger partial charge on any atom is -0.315 e. The predicted molar refractivity (Wildman–Crippen MR) is 81.0 cm³/mol. The molecule has 1 aliphatic rings. The maximum Gasteiger partial charge on any atom is 0.0940 e. The van der Waals surface area contributed by atoms with Crippen molar-refractivity contribution in [2.24, 2.45) is 0 Å². The van der Waals surface area contributed by atoms with Crippen LogP contribution in [0.15, 0.2) is 24.3 Å². The lowest BCUT2D eigenvalue weighted by atomic mass is 9.72. The molecule has 2 aromatic rings. The van der Waals surface area contributed by atoms with Gasteiger partial charge in [-0.3, -0.25) is 0 Å². The first-order valence-corrected chi connectivity index (χ1v) is 7.61. The Bertz CT molecular complexity index is 560. The molecule has 2 nitrogen and oxygen atoms in total. The maximum atomic E-state index is 4.71. The summed E-state index contributed by atoms with van der Waals surface area (Å²) in [6.07, 6.45) is 1.06. The van der Waals surface area contributed by atoms with E-state index in [1.54, 1.807) is 0 Å². The number of thiazole rings is 1. The van der Waals surface area contributed by atoms with E-state index in [9.17, 15) is 0 Å². The molecule has 0 atom stereocenters. The fourth-order valence-corrected chi connectivity index (χ4v) is 3.75. The highest BCUT2D eigenvalue weighted by Crippen LogP contribution is 2.34. The van der Waals surface area contributed by atoms with E-state index in [-0.39, 0.29) is 5.41 Å². The van der Waals surface area contributed by atoms with Crippen molar-refractivity contribution >= 4 is 11.3 Å². The van der Waals surface area contributed by atoms with Crippen molar-refractivity contribution in [1.29, 1.82) is 0 Å². The van der Waals surface area contributed by atoms with Crippen molar-refractivity contribution in [2.45, 2.75) is 32.6 Å². The van der Waals surface area contributed by atoms with Gasteiger partial charge in [-0.1, -0.05) is 29.8 Å². The lowest BCUT2D eigenvalue weighted by Gasteiger charge is -2.43. The van der Waals surface area contributed by atoms with Crippen LogP contribution < -0.4 is 5.32 Å². The molecule has 0 radical (unpaired) electrons. The topological polar surface area (TPSA) is 24.9 Å². The normalized spacial score (nSPS) is 17.2. The van der Waals surface area contributed by atoms with Gasteiger partial charge >= 0.3 is 0 Å². The molecule has 19 heavy (non-hydrogen) atoms. The Kier molecular flexibility index (Phi) is 3.19. The minimum absolute atomic E-state index is 0.254. The van der Waals surface area contributed by atoms with Gasteiger partial charge < -0.3 is 5.32 Å². The molecule has 1 aromatic heterocycles. The number of nitrogens with zero attached hydrogens (tertiary/aromatic N) is 1. The smallest absolute Gasteiger partial charge is 0.0940 e. The third-order valence-electron chi connectivity index (χ3n) is 4.15. The van der Waals surface area contributed by atoms with Crippen molar-refractivity contribution in [1.82, 2.24) is 10.3 Å². The van der Waals surface area contributed by atoms with E-state index >= 15 is 0 Å². The van der Waals surface area contributed by atoms with E-state index in [0.29, 0.717) is 0 Å². The summed E-state index contributed by atoms with van der Waals surface area (Å²) >= 11 is 1.85. The van der Waals surface area contributed by atoms with E-state index < -0.39 is 0 Å². The molecule has 0 bridgehead atoms. The Morgan fingerprint density at radius 1 is 1.16 bits per heavy atom. The number of nitrogens with one attached hydrogen (secondary N) is 1. The molecule has 1 aliphatic heterocycles. The zero-order valence-electron chi connectivity index (χ0n) is 11.8. The van der Waals surface area contributed by atoms with Crippen LogP contribution in [0.1, 0.15) is 26.7 Å². The van der Waals surface area contributed by atoms with Gasteiger partial charge in [0.25, 0.3) is 0 Å². The van der Waals surface area contributed by atoms with Crippen LogP contribution in [0.2, 0.25) is 0 Å². The quantitative estimate of drug-likeness (QED) is 0.928. The molecule has 1 fully saturated rings. The van der Waals surface area contributed by atoms with Crippen molar-refractivity contribution in [3.63, 3.8) is 0 Å². The summed E-state index contributed by atoms with van der Waals surface area (Å²) in [6, 6.07) is 8.99. The molecule has 0 amide bonds. The zero-order valence-corrected chi connectivity index (χ0v) is 12.6. The van der Waals surface area contributed by atoms with Crippen molar-refractivity contribution < 1.29 is 0 Å². The first-order chi connectivity index (χ1) is 9.09. The number of aryl methyl sites for hydroxylation is 3. The number of aromatic nitrogens is 1. The van der Waals surface area contributed by atoms with Crippen LogP contribution in [-0.4, -0.2) is 18.1 Å². The van der Waals surface area contributed by atoms with Gasteiger partial charge in [0.1, 0.15) is 0 Å². The molecule has 100 valence electrons. The number of hydrogen-bond donors (Lipinski definition) is 1. The van der Waals surface area contributed by atoms with Crippen LogP contribution >= 0.6 is 11.3 Å². The lowest BCUT2D eigenvalue weighted by molar-refractivity contribution is 0.274. The summed E-state index contributed by atoms with van der Waals surface area (Å²) in [4.78, 5) is 6.06. The van der Waals surface area contributed by atoms with Crippen LogP contribution in [0.3, 0.4) is 0 Å². The maximum absolute atomic E-state index is 4.71. The highest BCUT2D eigenvalue weighted by molar-refractivity contribution is 7.11. The fraction of sp³-hybridized carbons (Fsp3) is 0.438. The van der Waals surface area contributed by atoms with Crippen molar-refractivity contribution in [2.75, 3.05) is 13.1 Å². The lowest BCUT2D eigenvalue weighted by Crippen LogP contribution is -2.58.